The van der Waals surface area contributed by atoms with Gasteiger partial charge in [-0.25, -0.2) is 0 Å². The first-order valence-corrected chi connectivity index (χ1v) is 4.90. The van der Waals surface area contributed by atoms with Crippen LogP contribution in [0.4, 0.5) is 0 Å². The Balaban J connectivity index is 1.79. The highest BCUT2D eigenvalue weighted by atomic mass is 16.5. The fourth-order valence-corrected chi connectivity index (χ4v) is 1.78. The summed E-state index contributed by atoms with van der Waals surface area (Å²) in [6.45, 7) is 0.853. The third-order valence-electron chi connectivity index (χ3n) is 2.55. The quantitative estimate of drug-likeness (QED) is 0.705. The van der Waals surface area contributed by atoms with Gasteiger partial charge in [-0.05, 0) is 30.9 Å². The Bertz CT molecular complexity index is 242. The highest BCUT2D eigenvalue weighted by Gasteiger charge is 2.15. The number of rotatable bonds is 3. The Hall–Kier alpha value is -1.05. The minimum atomic E-state index is 0.768. The van der Waals surface area contributed by atoms with Gasteiger partial charge >= 0.3 is 0 Å². The van der Waals surface area contributed by atoms with Crippen LogP contribution in [-0.2, 0) is 0 Å². The van der Waals surface area contributed by atoms with Crippen LogP contribution in [0.5, 0.6) is 5.75 Å². The second kappa shape index (κ2) is 4.26. The van der Waals surface area contributed by atoms with Gasteiger partial charge in [-0.1, -0.05) is 12.8 Å². The van der Waals surface area contributed by atoms with E-state index >= 15 is 0 Å². The van der Waals surface area contributed by atoms with Crippen molar-refractivity contribution in [3.05, 3.63) is 24.5 Å². The number of aromatic nitrogens is 1. The average molecular weight is 176 g/mol. The van der Waals surface area contributed by atoms with Crippen LogP contribution in [-0.4, -0.2) is 11.6 Å². The molecule has 0 atom stereocenters. The molecule has 1 saturated carbocycles. The van der Waals surface area contributed by atoms with Crippen LogP contribution in [0.1, 0.15) is 25.7 Å². The third kappa shape index (κ3) is 2.44. The van der Waals surface area contributed by atoms with Crippen molar-refractivity contribution in [2.45, 2.75) is 25.7 Å². The predicted molar refractivity (Wildman–Crippen MR) is 50.5 cm³/mol. The van der Waals surface area contributed by atoms with E-state index in [9.17, 15) is 0 Å². The molecule has 1 aliphatic rings. The standard InChI is InChI=1S/C11H14NO/c1-2-5-10(4-1)9-13-11-6-3-7-12-8-11/h3,6,8,10H,1-2,4-5,9H2. The lowest BCUT2D eigenvalue weighted by Crippen LogP contribution is -2.07. The Kier molecular flexibility index (Phi) is 2.80. The zero-order valence-electron chi connectivity index (χ0n) is 7.70. The second-order valence-corrected chi connectivity index (χ2v) is 3.58. The van der Waals surface area contributed by atoms with Gasteiger partial charge in [0.2, 0.25) is 0 Å². The van der Waals surface area contributed by atoms with Gasteiger partial charge in [0.15, 0.2) is 0 Å². The van der Waals surface area contributed by atoms with E-state index in [1.807, 2.05) is 6.07 Å². The molecule has 0 unspecified atom stereocenters. The zero-order valence-corrected chi connectivity index (χ0v) is 7.70. The molecule has 1 aromatic heterocycles. The van der Waals surface area contributed by atoms with Gasteiger partial charge in [0, 0.05) is 0 Å². The molecule has 0 aromatic carbocycles. The summed E-state index contributed by atoms with van der Waals surface area (Å²) in [6, 6.07) is 3.69. The van der Waals surface area contributed by atoms with E-state index < -0.39 is 0 Å². The van der Waals surface area contributed by atoms with Crippen molar-refractivity contribution in [2.75, 3.05) is 6.61 Å². The summed E-state index contributed by atoms with van der Waals surface area (Å²) in [5, 5.41) is 0. The molecule has 69 valence electrons. The van der Waals surface area contributed by atoms with Crippen LogP contribution < -0.4 is 4.74 Å². The molecule has 1 aromatic rings. The van der Waals surface area contributed by atoms with Crippen molar-refractivity contribution >= 4 is 0 Å². The monoisotopic (exact) mass is 176 g/mol. The van der Waals surface area contributed by atoms with Gasteiger partial charge in [-0.3, -0.25) is 4.98 Å². The van der Waals surface area contributed by atoms with Gasteiger partial charge in [-0.2, -0.15) is 0 Å². The minimum Gasteiger partial charge on any atom is -0.492 e. The maximum Gasteiger partial charge on any atom is 0.137 e. The van der Waals surface area contributed by atoms with E-state index in [2.05, 4.69) is 11.2 Å². The lowest BCUT2D eigenvalue weighted by atomic mass is 10.1. The molecule has 1 fully saturated rings. The van der Waals surface area contributed by atoms with Gasteiger partial charge in [0.1, 0.15) is 5.75 Å². The molecule has 0 N–H and O–H groups in total. The molecular formula is C11H14NO. The molecule has 0 amide bonds. The van der Waals surface area contributed by atoms with Crippen molar-refractivity contribution in [1.82, 2.24) is 4.98 Å². The second-order valence-electron chi connectivity index (χ2n) is 3.58. The molecule has 0 spiro atoms. The SMILES string of the molecule is [c]1ccc(OCC2CCCC2)cn1. The van der Waals surface area contributed by atoms with E-state index in [1.165, 1.54) is 25.7 Å². The van der Waals surface area contributed by atoms with E-state index in [-0.39, 0.29) is 0 Å². The summed E-state index contributed by atoms with van der Waals surface area (Å²) >= 11 is 0. The summed E-state index contributed by atoms with van der Waals surface area (Å²) in [4.78, 5) is 3.88. The minimum absolute atomic E-state index is 0.768. The average Bonchev–Trinajstić information content (AvgIpc) is 2.69. The summed E-state index contributed by atoms with van der Waals surface area (Å²) in [6.07, 6.45) is 9.84. The van der Waals surface area contributed by atoms with E-state index in [1.54, 1.807) is 12.3 Å². The normalized spacial score (nSPS) is 17.5. The topological polar surface area (TPSA) is 22.1 Å². The van der Waals surface area contributed by atoms with Crippen LogP contribution in [0.3, 0.4) is 0 Å². The maximum atomic E-state index is 5.61. The molecule has 1 aliphatic carbocycles. The van der Waals surface area contributed by atoms with Crippen molar-refractivity contribution in [2.24, 2.45) is 5.92 Å². The van der Waals surface area contributed by atoms with Crippen LogP contribution in [0, 0.1) is 12.1 Å². The van der Waals surface area contributed by atoms with Crippen LogP contribution in [0.15, 0.2) is 18.3 Å². The largest absolute Gasteiger partial charge is 0.492 e. The Morgan fingerprint density at radius 1 is 1.46 bits per heavy atom. The number of pyridine rings is 1. The van der Waals surface area contributed by atoms with Crippen molar-refractivity contribution in [3.63, 3.8) is 0 Å². The van der Waals surface area contributed by atoms with Gasteiger partial charge < -0.3 is 4.74 Å². The summed E-state index contributed by atoms with van der Waals surface area (Å²) in [5.74, 6) is 1.63. The molecule has 1 radical (unpaired) electrons. The van der Waals surface area contributed by atoms with Crippen LogP contribution in [0.25, 0.3) is 0 Å². The highest BCUT2D eigenvalue weighted by Crippen LogP contribution is 2.25. The first kappa shape index (κ1) is 8.54. The molecule has 13 heavy (non-hydrogen) atoms. The Morgan fingerprint density at radius 2 is 2.31 bits per heavy atom. The molecule has 2 rings (SSSR count). The Morgan fingerprint density at radius 3 is 3.00 bits per heavy atom. The zero-order chi connectivity index (χ0) is 8.93. The molecule has 0 aliphatic heterocycles. The predicted octanol–water partition coefficient (Wildman–Crippen LogP) is 2.45. The van der Waals surface area contributed by atoms with E-state index in [0.717, 1.165) is 18.3 Å². The molecule has 2 heteroatoms. The van der Waals surface area contributed by atoms with Gasteiger partial charge in [0.05, 0.1) is 19.0 Å². The Labute approximate surface area is 78.9 Å². The van der Waals surface area contributed by atoms with Crippen LogP contribution >= 0.6 is 0 Å². The number of nitrogens with zero attached hydrogens (tertiary/aromatic N) is 1. The molecule has 0 saturated heterocycles. The smallest absolute Gasteiger partial charge is 0.137 e. The summed E-state index contributed by atoms with van der Waals surface area (Å²) in [5.41, 5.74) is 0. The number of hydrogen-bond acceptors (Lipinski definition) is 2. The molecule has 0 bridgehead atoms. The number of ether oxygens (including phenoxy) is 1. The first-order valence-electron chi connectivity index (χ1n) is 4.90. The molecule has 2 nitrogen and oxygen atoms in total. The maximum absolute atomic E-state index is 5.61. The number of hydrogen-bond donors (Lipinski definition) is 0. The summed E-state index contributed by atoms with van der Waals surface area (Å²) < 4.78 is 5.61. The van der Waals surface area contributed by atoms with Gasteiger partial charge in [0.25, 0.3) is 0 Å². The molecular weight excluding hydrogens is 162 g/mol. The fraction of sp³-hybridized carbons (Fsp3) is 0.545. The molecule has 1 heterocycles. The lowest BCUT2D eigenvalue weighted by molar-refractivity contribution is 0.251. The first-order chi connectivity index (χ1) is 6.45. The lowest BCUT2D eigenvalue weighted by Gasteiger charge is -2.10. The van der Waals surface area contributed by atoms with Crippen molar-refractivity contribution in [3.8, 4) is 5.75 Å². The highest BCUT2D eigenvalue weighted by molar-refractivity contribution is 5.14. The van der Waals surface area contributed by atoms with E-state index in [0.29, 0.717) is 0 Å². The van der Waals surface area contributed by atoms with Crippen LogP contribution in [0.2, 0.25) is 0 Å². The third-order valence-corrected chi connectivity index (χ3v) is 2.55. The summed E-state index contributed by atoms with van der Waals surface area (Å²) in [7, 11) is 0. The van der Waals surface area contributed by atoms with Crippen molar-refractivity contribution < 1.29 is 4.74 Å². The van der Waals surface area contributed by atoms with Crippen molar-refractivity contribution in [1.29, 1.82) is 0 Å². The van der Waals surface area contributed by atoms with E-state index in [4.69, 9.17) is 4.74 Å². The van der Waals surface area contributed by atoms with Gasteiger partial charge in [-0.15, -0.1) is 0 Å². The fourth-order valence-electron chi connectivity index (χ4n) is 1.78.